The van der Waals surface area contributed by atoms with Crippen LogP contribution in [0.5, 0.6) is 0 Å². The van der Waals surface area contributed by atoms with Crippen molar-refractivity contribution in [1.29, 1.82) is 0 Å². The van der Waals surface area contributed by atoms with E-state index in [9.17, 15) is 9.59 Å². The Kier molecular flexibility index (Phi) is 5.02. The minimum atomic E-state index is -0.475. The SMILES string of the molecule is CC(C)(C)OC(=O)N1C2CCC1CC(CC(=O)OCCl)C2. The van der Waals surface area contributed by atoms with E-state index in [0.29, 0.717) is 6.42 Å². The number of rotatable bonds is 3. The Balaban J connectivity index is 1.93. The van der Waals surface area contributed by atoms with Gasteiger partial charge in [0.2, 0.25) is 0 Å². The van der Waals surface area contributed by atoms with Gasteiger partial charge in [-0.05, 0) is 52.4 Å². The summed E-state index contributed by atoms with van der Waals surface area (Å²) in [5, 5.41) is 0. The maximum absolute atomic E-state index is 12.3. The molecule has 2 bridgehead atoms. The fourth-order valence-electron chi connectivity index (χ4n) is 3.42. The Labute approximate surface area is 130 Å². The van der Waals surface area contributed by atoms with Crippen LogP contribution >= 0.6 is 11.6 Å². The largest absolute Gasteiger partial charge is 0.449 e. The number of hydrogen-bond acceptors (Lipinski definition) is 4. The van der Waals surface area contributed by atoms with Crippen molar-refractivity contribution in [1.82, 2.24) is 4.90 Å². The quantitative estimate of drug-likeness (QED) is 0.592. The molecule has 2 aliphatic heterocycles. The highest BCUT2D eigenvalue weighted by Crippen LogP contribution is 2.40. The number of fused-ring (bicyclic) bond motifs is 2. The van der Waals surface area contributed by atoms with Crippen LogP contribution in [-0.4, -0.2) is 40.7 Å². The molecule has 0 radical (unpaired) electrons. The Hall–Kier alpha value is -0.970. The van der Waals surface area contributed by atoms with Gasteiger partial charge in [-0.15, -0.1) is 0 Å². The van der Waals surface area contributed by atoms with E-state index < -0.39 is 5.60 Å². The summed E-state index contributed by atoms with van der Waals surface area (Å²) in [6, 6.07) is 0.280. The molecule has 21 heavy (non-hydrogen) atoms. The van der Waals surface area contributed by atoms with E-state index >= 15 is 0 Å². The molecule has 0 spiro atoms. The van der Waals surface area contributed by atoms with Crippen molar-refractivity contribution in [2.45, 2.75) is 70.6 Å². The molecule has 2 unspecified atom stereocenters. The smallest absolute Gasteiger partial charge is 0.410 e. The fourth-order valence-corrected chi connectivity index (χ4v) is 3.55. The van der Waals surface area contributed by atoms with Crippen LogP contribution in [0.1, 0.15) is 52.9 Å². The molecule has 2 rings (SSSR count). The second kappa shape index (κ2) is 6.42. The molecule has 5 nitrogen and oxygen atoms in total. The van der Waals surface area contributed by atoms with Gasteiger partial charge in [-0.3, -0.25) is 4.79 Å². The van der Waals surface area contributed by atoms with Gasteiger partial charge in [0.25, 0.3) is 0 Å². The maximum Gasteiger partial charge on any atom is 0.410 e. The molecule has 2 atom stereocenters. The average molecular weight is 318 g/mol. The zero-order valence-corrected chi connectivity index (χ0v) is 13.7. The molecule has 0 aromatic carbocycles. The zero-order valence-electron chi connectivity index (χ0n) is 12.9. The van der Waals surface area contributed by atoms with Crippen molar-refractivity contribution < 1.29 is 19.1 Å². The molecule has 2 fully saturated rings. The molecule has 0 N–H and O–H groups in total. The molecule has 120 valence electrons. The van der Waals surface area contributed by atoms with Gasteiger partial charge >= 0.3 is 12.1 Å². The Morgan fingerprint density at radius 2 is 1.76 bits per heavy atom. The van der Waals surface area contributed by atoms with Crippen molar-refractivity contribution in [2.75, 3.05) is 6.07 Å². The van der Waals surface area contributed by atoms with Crippen LogP contribution in [0.4, 0.5) is 4.79 Å². The number of piperidine rings is 1. The van der Waals surface area contributed by atoms with Gasteiger partial charge in [0.1, 0.15) is 5.60 Å². The first-order valence-corrected chi connectivity index (χ1v) is 8.06. The van der Waals surface area contributed by atoms with Gasteiger partial charge in [-0.25, -0.2) is 4.79 Å². The van der Waals surface area contributed by atoms with Crippen LogP contribution < -0.4 is 0 Å². The lowest BCUT2D eigenvalue weighted by Crippen LogP contribution is -2.48. The number of halogens is 1. The third-order valence-electron chi connectivity index (χ3n) is 4.11. The first kappa shape index (κ1) is 16.4. The van der Waals surface area contributed by atoms with Gasteiger partial charge in [-0.2, -0.15) is 0 Å². The number of hydrogen-bond donors (Lipinski definition) is 0. The molecular weight excluding hydrogens is 294 g/mol. The average Bonchev–Trinajstić information content (AvgIpc) is 2.60. The number of nitrogens with zero attached hydrogens (tertiary/aromatic N) is 1. The Morgan fingerprint density at radius 1 is 1.19 bits per heavy atom. The van der Waals surface area contributed by atoms with E-state index in [1.807, 2.05) is 25.7 Å². The lowest BCUT2D eigenvalue weighted by molar-refractivity contribution is -0.143. The predicted octanol–water partition coefficient (Wildman–Crippen LogP) is 3.29. The summed E-state index contributed by atoms with van der Waals surface area (Å²) < 4.78 is 10.3. The predicted molar refractivity (Wildman–Crippen MR) is 79.0 cm³/mol. The number of carbonyl (C=O) groups is 2. The Bertz CT molecular complexity index is 393. The second-order valence-corrected chi connectivity index (χ2v) is 7.16. The number of carbonyl (C=O) groups excluding carboxylic acids is 2. The van der Waals surface area contributed by atoms with E-state index in [1.54, 1.807) is 0 Å². The number of ether oxygens (including phenoxy) is 2. The zero-order chi connectivity index (χ0) is 15.6. The molecule has 6 heteroatoms. The molecule has 0 aliphatic carbocycles. The minimum absolute atomic E-state index is 0.0948. The third-order valence-corrected chi connectivity index (χ3v) is 4.22. The summed E-state index contributed by atoms with van der Waals surface area (Å²) >= 11 is 5.40. The van der Waals surface area contributed by atoms with Crippen molar-refractivity contribution in [2.24, 2.45) is 5.92 Å². The molecule has 0 saturated carbocycles. The first-order chi connectivity index (χ1) is 9.80. The molecule has 0 aromatic heterocycles. The summed E-state index contributed by atoms with van der Waals surface area (Å²) in [5.41, 5.74) is -0.475. The fraction of sp³-hybridized carbons (Fsp3) is 0.867. The molecule has 2 saturated heterocycles. The van der Waals surface area contributed by atoms with Crippen molar-refractivity contribution in [3.8, 4) is 0 Å². The number of alkyl halides is 1. The van der Waals surface area contributed by atoms with Gasteiger partial charge < -0.3 is 14.4 Å². The summed E-state index contributed by atoms with van der Waals surface area (Å²) in [6.45, 7) is 5.63. The van der Waals surface area contributed by atoms with Crippen LogP contribution in [0, 0.1) is 5.92 Å². The van der Waals surface area contributed by atoms with E-state index in [4.69, 9.17) is 21.1 Å². The molecule has 2 heterocycles. The van der Waals surface area contributed by atoms with Crippen molar-refractivity contribution >= 4 is 23.7 Å². The number of esters is 1. The van der Waals surface area contributed by atoms with Gasteiger partial charge in [0.15, 0.2) is 6.07 Å². The van der Waals surface area contributed by atoms with E-state index in [1.165, 1.54) is 0 Å². The van der Waals surface area contributed by atoms with Crippen LogP contribution in [0.15, 0.2) is 0 Å². The van der Waals surface area contributed by atoms with E-state index in [0.717, 1.165) is 25.7 Å². The molecule has 2 aliphatic rings. The van der Waals surface area contributed by atoms with Crippen LogP contribution in [0.25, 0.3) is 0 Å². The minimum Gasteiger partial charge on any atom is -0.449 e. The van der Waals surface area contributed by atoms with Gasteiger partial charge in [0, 0.05) is 18.5 Å². The topological polar surface area (TPSA) is 55.8 Å². The van der Waals surface area contributed by atoms with Gasteiger partial charge in [-0.1, -0.05) is 11.6 Å². The second-order valence-electron chi connectivity index (χ2n) is 6.94. The number of amides is 1. The summed E-state index contributed by atoms with van der Waals surface area (Å²) in [4.78, 5) is 25.7. The lowest BCUT2D eigenvalue weighted by atomic mass is 9.88. The first-order valence-electron chi connectivity index (χ1n) is 7.53. The van der Waals surface area contributed by atoms with E-state index in [2.05, 4.69) is 0 Å². The summed E-state index contributed by atoms with van der Waals surface area (Å²) in [5.74, 6) is 0.0250. The van der Waals surface area contributed by atoms with Crippen LogP contribution in [0.2, 0.25) is 0 Å². The maximum atomic E-state index is 12.3. The summed E-state index contributed by atoms with van der Waals surface area (Å²) in [6.07, 6.45) is 3.83. The Morgan fingerprint density at radius 3 is 2.24 bits per heavy atom. The summed E-state index contributed by atoms with van der Waals surface area (Å²) in [7, 11) is 0. The van der Waals surface area contributed by atoms with E-state index in [-0.39, 0.29) is 36.1 Å². The highest BCUT2D eigenvalue weighted by molar-refractivity contribution is 6.17. The monoisotopic (exact) mass is 317 g/mol. The van der Waals surface area contributed by atoms with Crippen LogP contribution in [-0.2, 0) is 14.3 Å². The third kappa shape index (κ3) is 4.25. The van der Waals surface area contributed by atoms with Crippen LogP contribution in [0.3, 0.4) is 0 Å². The highest BCUT2D eigenvalue weighted by Gasteiger charge is 2.45. The van der Waals surface area contributed by atoms with Crippen molar-refractivity contribution in [3.05, 3.63) is 0 Å². The normalized spacial score (nSPS) is 28.4. The highest BCUT2D eigenvalue weighted by atomic mass is 35.5. The standard InChI is InChI=1S/C15H24ClNO4/c1-15(2,3)21-14(19)17-11-4-5-12(17)7-10(6-11)8-13(18)20-9-16/h10-12H,4-9H2,1-3H3. The lowest BCUT2D eigenvalue weighted by Gasteiger charge is -2.39. The van der Waals surface area contributed by atoms with Gasteiger partial charge in [0.05, 0.1) is 0 Å². The van der Waals surface area contributed by atoms with Crippen molar-refractivity contribution in [3.63, 3.8) is 0 Å². The molecule has 1 amide bonds. The molecular formula is C15H24ClNO4. The molecule has 0 aromatic rings.